The number of aryl methyl sites for hydroxylation is 1. The third-order valence-corrected chi connectivity index (χ3v) is 3.63. The maximum atomic E-state index is 5.44. The van der Waals surface area contributed by atoms with Crippen LogP contribution in [0.15, 0.2) is 18.2 Å². The maximum absolute atomic E-state index is 5.44. The highest BCUT2D eigenvalue weighted by Gasteiger charge is 2.25. The van der Waals surface area contributed by atoms with Crippen LogP contribution in [0.4, 0.5) is 0 Å². The minimum Gasteiger partial charge on any atom is -0.496 e. The quantitative estimate of drug-likeness (QED) is 0.815. The predicted molar refractivity (Wildman–Crippen MR) is 71.6 cm³/mol. The molecule has 0 amide bonds. The molecule has 2 nitrogen and oxygen atoms in total. The number of rotatable bonds is 6. The number of nitrogens with one attached hydrogen (secondary N) is 1. The summed E-state index contributed by atoms with van der Waals surface area (Å²) in [6.45, 7) is 2.14. The summed E-state index contributed by atoms with van der Waals surface area (Å²) >= 11 is 0. The number of benzene rings is 1. The zero-order valence-corrected chi connectivity index (χ0v) is 11.1. The summed E-state index contributed by atoms with van der Waals surface area (Å²) in [5.41, 5.74) is 2.63. The molecule has 0 spiro atoms. The molecule has 94 valence electrons. The maximum Gasteiger partial charge on any atom is 0.122 e. The number of likely N-dealkylation sites (N-methyl/N-ethyl adjacent to an activating group) is 1. The molecule has 1 aromatic rings. The number of methoxy groups -OCH3 is 1. The van der Waals surface area contributed by atoms with Crippen LogP contribution in [0.2, 0.25) is 0 Å². The number of hydrogen-bond donors (Lipinski definition) is 1. The van der Waals surface area contributed by atoms with Gasteiger partial charge in [0, 0.05) is 6.04 Å². The lowest BCUT2D eigenvalue weighted by Gasteiger charge is -2.18. The highest BCUT2D eigenvalue weighted by molar-refractivity contribution is 5.37. The van der Waals surface area contributed by atoms with Crippen molar-refractivity contribution in [3.8, 4) is 5.75 Å². The van der Waals surface area contributed by atoms with Gasteiger partial charge in [0.05, 0.1) is 7.11 Å². The minimum absolute atomic E-state index is 0.582. The Labute approximate surface area is 104 Å². The molecule has 0 bridgehead atoms. The Morgan fingerprint density at radius 2 is 2.18 bits per heavy atom. The van der Waals surface area contributed by atoms with Crippen LogP contribution >= 0.6 is 0 Å². The Morgan fingerprint density at radius 3 is 2.76 bits per heavy atom. The van der Waals surface area contributed by atoms with Gasteiger partial charge in [-0.15, -0.1) is 0 Å². The van der Waals surface area contributed by atoms with Gasteiger partial charge >= 0.3 is 0 Å². The van der Waals surface area contributed by atoms with Crippen LogP contribution in [-0.4, -0.2) is 20.2 Å². The smallest absolute Gasteiger partial charge is 0.122 e. The zero-order valence-electron chi connectivity index (χ0n) is 11.1. The first-order chi connectivity index (χ1) is 8.22. The van der Waals surface area contributed by atoms with Gasteiger partial charge in [0.15, 0.2) is 0 Å². The molecule has 17 heavy (non-hydrogen) atoms. The first-order valence-electron chi connectivity index (χ1n) is 6.53. The van der Waals surface area contributed by atoms with E-state index in [1.807, 2.05) is 0 Å². The van der Waals surface area contributed by atoms with Crippen molar-refractivity contribution >= 4 is 0 Å². The minimum atomic E-state index is 0.582. The van der Waals surface area contributed by atoms with Gasteiger partial charge in [-0.2, -0.15) is 0 Å². The monoisotopic (exact) mass is 233 g/mol. The summed E-state index contributed by atoms with van der Waals surface area (Å²) in [6, 6.07) is 7.01. The molecule has 1 N–H and O–H groups in total. The van der Waals surface area contributed by atoms with Gasteiger partial charge in [-0.25, -0.2) is 0 Å². The van der Waals surface area contributed by atoms with Crippen LogP contribution in [0.5, 0.6) is 5.75 Å². The highest BCUT2D eigenvalue weighted by atomic mass is 16.5. The van der Waals surface area contributed by atoms with Gasteiger partial charge in [0.1, 0.15) is 5.75 Å². The molecule has 0 aliphatic heterocycles. The van der Waals surface area contributed by atoms with Crippen molar-refractivity contribution in [3.63, 3.8) is 0 Å². The average molecular weight is 233 g/mol. The summed E-state index contributed by atoms with van der Waals surface area (Å²) in [6.07, 6.45) is 5.21. The van der Waals surface area contributed by atoms with Crippen LogP contribution < -0.4 is 10.1 Å². The van der Waals surface area contributed by atoms with Crippen molar-refractivity contribution in [1.29, 1.82) is 0 Å². The fourth-order valence-corrected chi connectivity index (χ4v) is 2.39. The van der Waals surface area contributed by atoms with Crippen molar-refractivity contribution < 1.29 is 4.74 Å². The van der Waals surface area contributed by atoms with E-state index >= 15 is 0 Å². The summed E-state index contributed by atoms with van der Waals surface area (Å²) in [4.78, 5) is 0. The van der Waals surface area contributed by atoms with E-state index in [0.717, 1.165) is 18.1 Å². The molecule has 0 aromatic heterocycles. The summed E-state index contributed by atoms with van der Waals surface area (Å²) < 4.78 is 5.44. The van der Waals surface area contributed by atoms with E-state index in [-0.39, 0.29) is 0 Å². The van der Waals surface area contributed by atoms with E-state index in [9.17, 15) is 0 Å². The number of hydrogen-bond acceptors (Lipinski definition) is 2. The molecule has 0 radical (unpaired) electrons. The fourth-order valence-electron chi connectivity index (χ4n) is 2.39. The van der Waals surface area contributed by atoms with E-state index in [4.69, 9.17) is 4.74 Å². The first kappa shape index (κ1) is 12.4. The second-order valence-corrected chi connectivity index (χ2v) is 5.18. The second kappa shape index (κ2) is 5.54. The van der Waals surface area contributed by atoms with Gasteiger partial charge in [0.2, 0.25) is 0 Å². The first-order valence-corrected chi connectivity index (χ1v) is 6.53. The average Bonchev–Trinajstić information content (AvgIpc) is 3.12. The Bertz CT molecular complexity index is 371. The number of ether oxygens (including phenoxy) is 1. The molecule has 1 aliphatic rings. The molecule has 2 rings (SSSR count). The molecule has 1 aliphatic carbocycles. The van der Waals surface area contributed by atoms with Crippen molar-refractivity contribution in [2.75, 3.05) is 14.2 Å². The lowest BCUT2D eigenvalue weighted by Crippen LogP contribution is -2.28. The molecule has 2 heteroatoms. The molecular formula is C15H23NO. The molecule has 1 unspecified atom stereocenters. The molecule has 1 saturated carbocycles. The SMILES string of the molecule is CNC(Cc1cc(C)ccc1OC)CC1CC1. The van der Waals surface area contributed by atoms with E-state index < -0.39 is 0 Å². The van der Waals surface area contributed by atoms with Crippen molar-refractivity contribution in [1.82, 2.24) is 5.32 Å². The summed E-state index contributed by atoms with van der Waals surface area (Å²) in [5.74, 6) is 1.98. The van der Waals surface area contributed by atoms with E-state index in [1.54, 1.807) is 7.11 Å². The topological polar surface area (TPSA) is 21.3 Å². The molecular weight excluding hydrogens is 210 g/mol. The van der Waals surface area contributed by atoms with Crippen molar-refractivity contribution in [2.24, 2.45) is 5.92 Å². The Hall–Kier alpha value is -1.02. The summed E-state index contributed by atoms with van der Waals surface area (Å²) in [7, 11) is 3.82. The Morgan fingerprint density at radius 1 is 1.41 bits per heavy atom. The second-order valence-electron chi connectivity index (χ2n) is 5.18. The largest absolute Gasteiger partial charge is 0.496 e. The molecule has 1 aromatic carbocycles. The molecule has 0 saturated heterocycles. The van der Waals surface area contributed by atoms with E-state index in [0.29, 0.717) is 6.04 Å². The van der Waals surface area contributed by atoms with Crippen LogP contribution in [0.3, 0.4) is 0 Å². The molecule has 1 atom stereocenters. The molecule has 1 fully saturated rings. The van der Waals surface area contributed by atoms with Gasteiger partial charge in [-0.05, 0) is 44.4 Å². The van der Waals surface area contributed by atoms with Gasteiger partial charge < -0.3 is 10.1 Å². The van der Waals surface area contributed by atoms with Crippen LogP contribution in [0.25, 0.3) is 0 Å². The Balaban J connectivity index is 2.06. The van der Waals surface area contributed by atoms with Crippen LogP contribution in [0, 0.1) is 12.8 Å². The summed E-state index contributed by atoms with van der Waals surface area (Å²) in [5, 5.41) is 3.44. The zero-order chi connectivity index (χ0) is 12.3. The predicted octanol–water partition coefficient (Wildman–Crippen LogP) is 2.93. The third-order valence-electron chi connectivity index (χ3n) is 3.63. The normalized spacial score (nSPS) is 16.9. The standard InChI is InChI=1S/C15H23NO/c1-11-4-7-15(17-3)13(8-11)10-14(16-2)9-12-5-6-12/h4,7-8,12,14,16H,5-6,9-10H2,1-3H3. The fraction of sp³-hybridized carbons (Fsp3) is 0.600. The molecule has 0 heterocycles. The lowest BCUT2D eigenvalue weighted by molar-refractivity contribution is 0.403. The van der Waals surface area contributed by atoms with E-state index in [1.165, 1.54) is 30.4 Å². The Kier molecular flexibility index (Phi) is 4.06. The lowest BCUT2D eigenvalue weighted by atomic mass is 9.99. The van der Waals surface area contributed by atoms with Gasteiger partial charge in [-0.1, -0.05) is 30.5 Å². The van der Waals surface area contributed by atoms with Crippen molar-refractivity contribution in [3.05, 3.63) is 29.3 Å². The van der Waals surface area contributed by atoms with Crippen molar-refractivity contribution in [2.45, 2.75) is 38.6 Å². The highest BCUT2D eigenvalue weighted by Crippen LogP contribution is 2.34. The van der Waals surface area contributed by atoms with Gasteiger partial charge in [0.25, 0.3) is 0 Å². The van der Waals surface area contributed by atoms with Crippen LogP contribution in [0.1, 0.15) is 30.4 Å². The third kappa shape index (κ3) is 3.47. The van der Waals surface area contributed by atoms with E-state index in [2.05, 4.69) is 37.5 Å². The van der Waals surface area contributed by atoms with Gasteiger partial charge in [-0.3, -0.25) is 0 Å². The van der Waals surface area contributed by atoms with Crippen LogP contribution in [-0.2, 0) is 6.42 Å².